The monoisotopic (exact) mass is 574 g/mol. The fourth-order valence-corrected chi connectivity index (χ4v) is 5.49. The molecule has 0 fully saturated rings. The number of rotatable bonds is 11. The van der Waals surface area contributed by atoms with Crippen molar-refractivity contribution in [3.05, 3.63) is 141 Å². The van der Waals surface area contributed by atoms with Crippen LogP contribution < -0.4 is 10.3 Å². The van der Waals surface area contributed by atoms with Gasteiger partial charge in [0.25, 0.3) is 5.56 Å². The van der Waals surface area contributed by atoms with Crippen molar-refractivity contribution in [1.82, 2.24) is 30.1 Å². The van der Waals surface area contributed by atoms with Gasteiger partial charge in [0.2, 0.25) is 0 Å². The lowest BCUT2D eigenvalue weighted by Gasteiger charge is -2.30. The Morgan fingerprint density at radius 1 is 0.930 bits per heavy atom. The molecule has 0 aliphatic carbocycles. The molecule has 9 nitrogen and oxygen atoms in total. The highest BCUT2D eigenvalue weighted by molar-refractivity contribution is 5.81. The van der Waals surface area contributed by atoms with E-state index >= 15 is 0 Å². The van der Waals surface area contributed by atoms with Crippen LogP contribution in [0.5, 0.6) is 5.75 Å². The first-order chi connectivity index (χ1) is 21.0. The number of aromatic nitrogens is 5. The lowest BCUT2D eigenvalue weighted by atomic mass is 10.00. The van der Waals surface area contributed by atoms with E-state index in [0.717, 1.165) is 45.5 Å². The normalized spacial score (nSPS) is 12.2. The molecule has 9 heteroatoms. The molecule has 0 aliphatic heterocycles. The van der Waals surface area contributed by atoms with Gasteiger partial charge in [0.1, 0.15) is 17.6 Å². The quantitative estimate of drug-likeness (QED) is 0.210. The van der Waals surface area contributed by atoms with E-state index in [1.165, 1.54) is 5.56 Å². The predicted octanol–water partition coefficient (Wildman–Crippen LogP) is 5.77. The van der Waals surface area contributed by atoms with E-state index in [1.54, 1.807) is 13.4 Å². The molecule has 0 amide bonds. The average molecular weight is 575 g/mol. The number of ether oxygens (including phenoxy) is 1. The Bertz CT molecular complexity index is 1880. The molecule has 0 radical (unpaired) electrons. The molecule has 0 saturated carbocycles. The number of pyridine rings is 1. The van der Waals surface area contributed by atoms with E-state index in [4.69, 9.17) is 9.15 Å². The number of methoxy groups -OCH3 is 1. The van der Waals surface area contributed by atoms with E-state index in [9.17, 15) is 4.79 Å². The number of aromatic amines is 1. The Morgan fingerprint density at radius 3 is 2.53 bits per heavy atom. The van der Waals surface area contributed by atoms with Crippen LogP contribution in [-0.4, -0.2) is 37.2 Å². The fraction of sp³-hybridized carbons (Fsp3) is 0.235. The summed E-state index contributed by atoms with van der Waals surface area (Å²) in [5, 5.41) is 14.0. The molecule has 3 heterocycles. The molecule has 1 atom stereocenters. The van der Waals surface area contributed by atoms with Gasteiger partial charge in [-0.2, -0.15) is 0 Å². The molecule has 6 aromatic rings. The molecule has 6 rings (SSSR count). The van der Waals surface area contributed by atoms with Gasteiger partial charge < -0.3 is 14.1 Å². The number of H-pyrrole nitrogens is 1. The van der Waals surface area contributed by atoms with Crippen LogP contribution in [-0.2, 0) is 26.1 Å². The first-order valence-electron chi connectivity index (χ1n) is 14.3. The van der Waals surface area contributed by atoms with Gasteiger partial charge >= 0.3 is 0 Å². The summed E-state index contributed by atoms with van der Waals surface area (Å²) in [6.45, 7) is 5.58. The van der Waals surface area contributed by atoms with Crippen molar-refractivity contribution in [2.75, 3.05) is 7.11 Å². The molecule has 0 aliphatic rings. The summed E-state index contributed by atoms with van der Waals surface area (Å²) in [5.74, 6) is 2.10. The van der Waals surface area contributed by atoms with Crippen LogP contribution in [0.4, 0.5) is 0 Å². The average Bonchev–Trinajstić information content (AvgIpc) is 3.71. The molecular formula is C34H34N6O3. The minimum absolute atomic E-state index is 0.187. The van der Waals surface area contributed by atoms with Gasteiger partial charge in [-0.3, -0.25) is 9.69 Å². The summed E-state index contributed by atoms with van der Waals surface area (Å²) in [7, 11) is 1.65. The van der Waals surface area contributed by atoms with Crippen LogP contribution in [0, 0.1) is 13.8 Å². The minimum atomic E-state index is -0.586. The highest BCUT2D eigenvalue weighted by Gasteiger charge is 2.31. The van der Waals surface area contributed by atoms with E-state index in [1.807, 2.05) is 78.3 Å². The fourth-order valence-electron chi connectivity index (χ4n) is 5.49. The number of benzene rings is 3. The number of aryl methyl sites for hydroxylation is 4. The zero-order valence-corrected chi connectivity index (χ0v) is 24.5. The number of furan rings is 1. The Balaban J connectivity index is 1.49. The van der Waals surface area contributed by atoms with Gasteiger partial charge in [0.15, 0.2) is 5.82 Å². The smallest absolute Gasteiger partial charge is 0.253 e. The molecule has 218 valence electrons. The van der Waals surface area contributed by atoms with Crippen molar-refractivity contribution < 1.29 is 9.15 Å². The van der Waals surface area contributed by atoms with E-state index < -0.39 is 6.04 Å². The Morgan fingerprint density at radius 2 is 1.74 bits per heavy atom. The SMILES string of the molecule is COc1cccc(CN(Cc2ccco2)[C@H](c2cc3cc(C)c(C)cc3[nH]c2=O)c2nnnn2CCc2ccccc2)c1. The number of hydrogen-bond donors (Lipinski definition) is 1. The van der Waals surface area contributed by atoms with Gasteiger partial charge in [-0.15, -0.1) is 5.10 Å². The summed E-state index contributed by atoms with van der Waals surface area (Å²) in [5.41, 5.74) is 5.63. The largest absolute Gasteiger partial charge is 0.497 e. The second-order valence-electron chi connectivity index (χ2n) is 10.8. The van der Waals surface area contributed by atoms with Gasteiger partial charge in [-0.25, -0.2) is 4.68 Å². The zero-order chi connectivity index (χ0) is 29.8. The van der Waals surface area contributed by atoms with Crippen LogP contribution in [0.25, 0.3) is 10.9 Å². The van der Waals surface area contributed by atoms with Crippen molar-refractivity contribution in [3.63, 3.8) is 0 Å². The third kappa shape index (κ3) is 6.27. The minimum Gasteiger partial charge on any atom is -0.497 e. The molecule has 43 heavy (non-hydrogen) atoms. The lowest BCUT2D eigenvalue weighted by molar-refractivity contribution is 0.178. The van der Waals surface area contributed by atoms with Crippen LogP contribution in [0.2, 0.25) is 0 Å². The van der Waals surface area contributed by atoms with Crippen LogP contribution >= 0.6 is 0 Å². The van der Waals surface area contributed by atoms with Crippen molar-refractivity contribution in [1.29, 1.82) is 0 Å². The van der Waals surface area contributed by atoms with Crippen molar-refractivity contribution in [3.8, 4) is 5.75 Å². The van der Waals surface area contributed by atoms with E-state index in [0.29, 0.717) is 31.0 Å². The number of nitrogens with zero attached hydrogens (tertiary/aromatic N) is 5. The number of tetrazole rings is 1. The zero-order valence-electron chi connectivity index (χ0n) is 24.5. The molecule has 3 aromatic heterocycles. The third-order valence-corrected chi connectivity index (χ3v) is 7.87. The summed E-state index contributed by atoms with van der Waals surface area (Å²) < 4.78 is 13.1. The second-order valence-corrected chi connectivity index (χ2v) is 10.8. The van der Waals surface area contributed by atoms with E-state index in [2.05, 4.69) is 50.5 Å². The molecule has 0 saturated heterocycles. The van der Waals surface area contributed by atoms with Gasteiger partial charge in [-0.05, 0) is 101 Å². The van der Waals surface area contributed by atoms with Crippen LogP contribution in [0.1, 0.15) is 45.4 Å². The van der Waals surface area contributed by atoms with Crippen molar-refractivity contribution in [2.24, 2.45) is 0 Å². The summed E-state index contributed by atoms with van der Waals surface area (Å²) in [4.78, 5) is 19.2. The molecule has 3 aromatic carbocycles. The maximum absolute atomic E-state index is 13.9. The van der Waals surface area contributed by atoms with Crippen LogP contribution in [0.15, 0.2) is 100 Å². The molecule has 0 unspecified atom stereocenters. The standard InChI is InChI=1S/C34H34N6O3/c1-23-17-27-20-30(34(41)35-31(27)18-24(23)2)32(33-36-37-38-40(33)15-14-25-9-5-4-6-10-25)39(22-29-13-8-16-43-29)21-26-11-7-12-28(19-26)42-3/h4-13,16-20,32H,14-15,21-22H2,1-3H3,(H,35,41)/t32-/m1/s1. The lowest BCUT2D eigenvalue weighted by Crippen LogP contribution is -2.35. The highest BCUT2D eigenvalue weighted by Crippen LogP contribution is 2.31. The Hall–Kier alpha value is -5.02. The van der Waals surface area contributed by atoms with E-state index in [-0.39, 0.29) is 5.56 Å². The third-order valence-electron chi connectivity index (χ3n) is 7.87. The maximum Gasteiger partial charge on any atom is 0.253 e. The van der Waals surface area contributed by atoms with Gasteiger partial charge in [-0.1, -0.05) is 42.5 Å². The number of fused-ring (bicyclic) bond motifs is 1. The maximum atomic E-state index is 13.9. The van der Waals surface area contributed by atoms with Crippen LogP contribution in [0.3, 0.4) is 0 Å². The summed E-state index contributed by atoms with van der Waals surface area (Å²) in [6, 6.07) is 27.5. The topological polar surface area (TPSA) is 102 Å². The highest BCUT2D eigenvalue weighted by atomic mass is 16.5. The second kappa shape index (κ2) is 12.5. The Labute approximate surface area is 249 Å². The summed E-state index contributed by atoms with van der Waals surface area (Å²) >= 11 is 0. The molecule has 1 N–H and O–H groups in total. The predicted molar refractivity (Wildman–Crippen MR) is 165 cm³/mol. The molecular weight excluding hydrogens is 540 g/mol. The first-order valence-corrected chi connectivity index (χ1v) is 14.3. The first kappa shape index (κ1) is 28.1. The van der Waals surface area contributed by atoms with Crippen molar-refractivity contribution >= 4 is 10.9 Å². The Kier molecular flexibility index (Phi) is 8.15. The molecule has 0 spiro atoms. The van der Waals surface area contributed by atoms with Gasteiger partial charge in [0, 0.05) is 24.2 Å². The number of hydrogen-bond acceptors (Lipinski definition) is 7. The summed E-state index contributed by atoms with van der Waals surface area (Å²) in [6.07, 6.45) is 2.40. The van der Waals surface area contributed by atoms with Crippen molar-refractivity contribution in [2.45, 2.75) is 45.9 Å². The number of nitrogens with one attached hydrogen (secondary N) is 1. The van der Waals surface area contributed by atoms with Gasteiger partial charge in [0.05, 0.1) is 19.9 Å². The molecule has 0 bridgehead atoms.